The summed E-state index contributed by atoms with van der Waals surface area (Å²) >= 11 is 0. The average Bonchev–Trinajstić information content (AvgIpc) is 2.97. The van der Waals surface area contributed by atoms with Gasteiger partial charge in [0.2, 0.25) is 5.91 Å². The molecule has 6 heteroatoms. The Morgan fingerprint density at radius 3 is 2.72 bits per heavy atom. The molecule has 1 saturated heterocycles. The Hall–Kier alpha value is -3.41. The molecule has 0 unspecified atom stereocenters. The molecule has 3 aromatic rings. The highest BCUT2D eigenvalue weighted by atomic mass is 16.5. The van der Waals surface area contributed by atoms with Crippen molar-refractivity contribution in [2.24, 2.45) is 0 Å². The molecule has 1 atom stereocenters. The molecule has 0 radical (unpaired) electrons. The number of rotatable bonds is 4. The molecule has 6 nitrogen and oxygen atoms in total. The summed E-state index contributed by atoms with van der Waals surface area (Å²) in [7, 11) is 1.62. The summed E-state index contributed by atoms with van der Waals surface area (Å²) < 4.78 is 5.22. The summed E-state index contributed by atoms with van der Waals surface area (Å²) in [6.07, 6.45) is 2.47. The first-order valence-corrected chi connectivity index (χ1v) is 9.78. The van der Waals surface area contributed by atoms with Gasteiger partial charge in [0.05, 0.1) is 23.9 Å². The highest BCUT2D eigenvalue weighted by molar-refractivity contribution is 6.08. The van der Waals surface area contributed by atoms with Crippen LogP contribution in [0.5, 0.6) is 5.75 Å². The average molecular weight is 389 g/mol. The fourth-order valence-corrected chi connectivity index (χ4v) is 3.59. The van der Waals surface area contributed by atoms with Crippen LogP contribution in [0.2, 0.25) is 0 Å². The van der Waals surface area contributed by atoms with Crippen molar-refractivity contribution >= 4 is 22.7 Å². The minimum Gasteiger partial charge on any atom is -0.497 e. The van der Waals surface area contributed by atoms with Gasteiger partial charge in [0, 0.05) is 17.5 Å². The molecule has 0 saturated carbocycles. The Morgan fingerprint density at radius 2 is 1.93 bits per heavy atom. The standard InChI is InChI=1S/C23H23N3O3/c1-29-16-11-9-15(10-12-16)21-14-18(17-6-2-3-7-19(17)25-21)22(27)26-20-8-4-5-13-24-23(20)28/h2-3,6-7,9-12,14,20H,4-5,8,13H2,1H3,(H,24,28)(H,26,27)/t20-/m0/s1. The minimum absolute atomic E-state index is 0.121. The molecule has 4 rings (SSSR count). The quantitative estimate of drug-likeness (QED) is 0.717. The van der Waals surface area contributed by atoms with Gasteiger partial charge in [0.15, 0.2) is 0 Å². The maximum absolute atomic E-state index is 13.1. The molecule has 2 aromatic carbocycles. The molecule has 2 amide bonds. The molecule has 1 fully saturated rings. The zero-order valence-corrected chi connectivity index (χ0v) is 16.3. The van der Waals surface area contributed by atoms with Crippen molar-refractivity contribution in [2.75, 3.05) is 13.7 Å². The minimum atomic E-state index is -0.513. The van der Waals surface area contributed by atoms with Crippen LogP contribution in [0.4, 0.5) is 0 Å². The maximum Gasteiger partial charge on any atom is 0.252 e. The molecule has 1 aliphatic rings. The van der Waals surface area contributed by atoms with Crippen molar-refractivity contribution in [3.8, 4) is 17.0 Å². The van der Waals surface area contributed by atoms with Crippen LogP contribution >= 0.6 is 0 Å². The molecule has 1 aliphatic heterocycles. The normalized spacial score (nSPS) is 16.7. The topological polar surface area (TPSA) is 80.3 Å². The summed E-state index contributed by atoms with van der Waals surface area (Å²) in [5.41, 5.74) is 2.83. The molecule has 0 spiro atoms. The van der Waals surface area contributed by atoms with E-state index in [1.54, 1.807) is 13.2 Å². The number of aromatic nitrogens is 1. The smallest absolute Gasteiger partial charge is 0.252 e. The van der Waals surface area contributed by atoms with Gasteiger partial charge in [-0.3, -0.25) is 9.59 Å². The van der Waals surface area contributed by atoms with Crippen LogP contribution in [0.3, 0.4) is 0 Å². The first kappa shape index (κ1) is 18.9. The maximum atomic E-state index is 13.1. The molecule has 0 bridgehead atoms. The van der Waals surface area contributed by atoms with Crippen LogP contribution in [-0.2, 0) is 4.79 Å². The van der Waals surface area contributed by atoms with Gasteiger partial charge in [-0.2, -0.15) is 0 Å². The van der Waals surface area contributed by atoms with Gasteiger partial charge >= 0.3 is 0 Å². The lowest BCUT2D eigenvalue weighted by atomic mass is 10.0. The number of fused-ring (bicyclic) bond motifs is 1. The van der Waals surface area contributed by atoms with Crippen LogP contribution in [0, 0.1) is 0 Å². The van der Waals surface area contributed by atoms with Gasteiger partial charge in [0.1, 0.15) is 11.8 Å². The number of para-hydroxylation sites is 1. The molecule has 148 valence electrons. The molecular formula is C23H23N3O3. The predicted molar refractivity (Wildman–Crippen MR) is 112 cm³/mol. The lowest BCUT2D eigenvalue weighted by molar-refractivity contribution is -0.122. The first-order chi connectivity index (χ1) is 14.2. The van der Waals surface area contributed by atoms with Crippen molar-refractivity contribution < 1.29 is 14.3 Å². The monoisotopic (exact) mass is 389 g/mol. The second-order valence-electron chi connectivity index (χ2n) is 7.11. The Balaban J connectivity index is 1.71. The van der Waals surface area contributed by atoms with E-state index in [2.05, 4.69) is 10.6 Å². The number of methoxy groups -OCH3 is 1. The Kier molecular flexibility index (Phi) is 5.42. The number of carbonyl (C=O) groups excluding carboxylic acids is 2. The van der Waals surface area contributed by atoms with Gasteiger partial charge in [-0.1, -0.05) is 18.2 Å². The van der Waals surface area contributed by atoms with E-state index in [1.165, 1.54) is 0 Å². The fourth-order valence-electron chi connectivity index (χ4n) is 3.59. The zero-order valence-electron chi connectivity index (χ0n) is 16.3. The summed E-state index contributed by atoms with van der Waals surface area (Å²) in [6, 6.07) is 16.4. The van der Waals surface area contributed by atoms with E-state index in [0.29, 0.717) is 24.2 Å². The highest BCUT2D eigenvalue weighted by Crippen LogP contribution is 2.26. The fraction of sp³-hybridized carbons (Fsp3) is 0.261. The summed E-state index contributed by atoms with van der Waals surface area (Å²) in [5.74, 6) is 0.372. The van der Waals surface area contributed by atoms with E-state index in [-0.39, 0.29) is 11.8 Å². The Morgan fingerprint density at radius 1 is 1.14 bits per heavy atom. The van der Waals surface area contributed by atoms with E-state index in [0.717, 1.165) is 35.1 Å². The van der Waals surface area contributed by atoms with Gasteiger partial charge in [0.25, 0.3) is 5.91 Å². The number of hydrogen-bond donors (Lipinski definition) is 2. The lowest BCUT2D eigenvalue weighted by Gasteiger charge is -2.16. The van der Waals surface area contributed by atoms with Gasteiger partial charge < -0.3 is 15.4 Å². The second-order valence-corrected chi connectivity index (χ2v) is 7.11. The number of nitrogens with one attached hydrogen (secondary N) is 2. The molecule has 0 aliphatic carbocycles. The van der Waals surface area contributed by atoms with Gasteiger partial charge in [-0.05, 0) is 55.7 Å². The van der Waals surface area contributed by atoms with Gasteiger partial charge in [-0.25, -0.2) is 4.98 Å². The summed E-state index contributed by atoms with van der Waals surface area (Å²) in [5, 5.41) is 6.53. The third-order valence-electron chi connectivity index (χ3n) is 5.19. The number of pyridine rings is 1. The zero-order chi connectivity index (χ0) is 20.2. The number of ether oxygens (including phenoxy) is 1. The third kappa shape index (κ3) is 4.06. The van der Waals surface area contributed by atoms with E-state index in [1.807, 2.05) is 48.5 Å². The molecule has 2 heterocycles. The largest absolute Gasteiger partial charge is 0.497 e. The lowest BCUT2D eigenvalue weighted by Crippen LogP contribution is -2.45. The van der Waals surface area contributed by atoms with Crippen LogP contribution in [0.25, 0.3) is 22.2 Å². The van der Waals surface area contributed by atoms with Crippen molar-refractivity contribution in [3.63, 3.8) is 0 Å². The molecule has 1 aromatic heterocycles. The number of hydrogen-bond acceptors (Lipinski definition) is 4. The van der Waals surface area contributed by atoms with Crippen molar-refractivity contribution in [3.05, 3.63) is 60.2 Å². The Labute approximate surface area is 169 Å². The van der Waals surface area contributed by atoms with Crippen LogP contribution in [-0.4, -0.2) is 36.5 Å². The summed E-state index contributed by atoms with van der Waals surface area (Å²) in [4.78, 5) is 30.1. The van der Waals surface area contributed by atoms with Crippen LogP contribution in [0.1, 0.15) is 29.6 Å². The van der Waals surface area contributed by atoms with Gasteiger partial charge in [-0.15, -0.1) is 0 Å². The van der Waals surface area contributed by atoms with E-state index in [4.69, 9.17) is 9.72 Å². The first-order valence-electron chi connectivity index (χ1n) is 9.78. The van der Waals surface area contributed by atoms with Crippen molar-refractivity contribution in [1.82, 2.24) is 15.6 Å². The molecule has 2 N–H and O–H groups in total. The van der Waals surface area contributed by atoms with E-state index >= 15 is 0 Å². The van der Waals surface area contributed by atoms with E-state index < -0.39 is 6.04 Å². The van der Waals surface area contributed by atoms with Crippen molar-refractivity contribution in [1.29, 1.82) is 0 Å². The van der Waals surface area contributed by atoms with Crippen LogP contribution in [0.15, 0.2) is 54.6 Å². The van der Waals surface area contributed by atoms with Crippen LogP contribution < -0.4 is 15.4 Å². The SMILES string of the molecule is COc1ccc(-c2cc(C(=O)N[C@H]3CCCCNC3=O)c3ccccc3n2)cc1. The number of nitrogens with zero attached hydrogens (tertiary/aromatic N) is 1. The van der Waals surface area contributed by atoms with Crippen molar-refractivity contribution in [2.45, 2.75) is 25.3 Å². The highest BCUT2D eigenvalue weighted by Gasteiger charge is 2.24. The number of amides is 2. The second kappa shape index (κ2) is 8.31. The number of carbonyl (C=O) groups is 2. The third-order valence-corrected chi connectivity index (χ3v) is 5.19. The molecular weight excluding hydrogens is 366 g/mol. The number of benzene rings is 2. The summed E-state index contributed by atoms with van der Waals surface area (Å²) in [6.45, 7) is 0.658. The predicted octanol–water partition coefficient (Wildman–Crippen LogP) is 3.31. The van der Waals surface area contributed by atoms with E-state index in [9.17, 15) is 9.59 Å². The molecule has 29 heavy (non-hydrogen) atoms. The Bertz CT molecular complexity index is 1050.